The summed E-state index contributed by atoms with van der Waals surface area (Å²) >= 11 is 11.9. The summed E-state index contributed by atoms with van der Waals surface area (Å²) in [7, 11) is 0. The molecule has 0 saturated carbocycles. The van der Waals surface area contributed by atoms with E-state index in [-0.39, 0.29) is 12.0 Å². The fourth-order valence-electron chi connectivity index (χ4n) is 2.69. The molecule has 0 aliphatic carbocycles. The summed E-state index contributed by atoms with van der Waals surface area (Å²) in [6.07, 6.45) is 0.548. The van der Waals surface area contributed by atoms with E-state index in [0.29, 0.717) is 23.1 Å². The lowest BCUT2D eigenvalue weighted by atomic mass is 9.87. The molecule has 0 bridgehead atoms. The normalized spacial score (nSPS) is 17.9. The van der Waals surface area contributed by atoms with Gasteiger partial charge in [-0.1, -0.05) is 29.3 Å². The fraction of sp³-hybridized carbons (Fsp3) is 0.588. The molecule has 1 atom stereocenters. The molecule has 1 N–H and O–H groups in total. The summed E-state index contributed by atoms with van der Waals surface area (Å²) in [5.41, 5.74) is 0.267. The number of halogens is 2. The molecule has 128 valence electrons. The molecule has 0 aromatic heterocycles. The van der Waals surface area contributed by atoms with Gasteiger partial charge in [0.25, 0.3) is 0 Å². The SMILES string of the molecule is CC(C)(C)OC(=O)N1CCC(C(O)c2ccc(Cl)c(Cl)c2)CC1. The van der Waals surface area contributed by atoms with E-state index in [0.717, 1.165) is 18.4 Å². The minimum absolute atomic E-state index is 0.0888. The third-order valence-electron chi connectivity index (χ3n) is 3.92. The van der Waals surface area contributed by atoms with Crippen LogP contribution in [-0.4, -0.2) is 34.8 Å². The largest absolute Gasteiger partial charge is 0.444 e. The van der Waals surface area contributed by atoms with Crippen LogP contribution in [0.25, 0.3) is 0 Å². The summed E-state index contributed by atoms with van der Waals surface area (Å²) in [6, 6.07) is 5.19. The molecule has 4 nitrogen and oxygen atoms in total. The Labute approximate surface area is 147 Å². The number of carbonyl (C=O) groups is 1. The number of hydrogen-bond acceptors (Lipinski definition) is 3. The Hall–Kier alpha value is -0.970. The smallest absolute Gasteiger partial charge is 0.410 e. The summed E-state index contributed by atoms with van der Waals surface area (Å²) in [5.74, 6) is 0.0888. The van der Waals surface area contributed by atoms with E-state index in [1.165, 1.54) is 0 Å². The first-order valence-corrected chi connectivity index (χ1v) is 8.54. The van der Waals surface area contributed by atoms with Crippen LogP contribution in [0.3, 0.4) is 0 Å². The third kappa shape index (κ3) is 5.00. The van der Waals surface area contributed by atoms with Crippen LogP contribution >= 0.6 is 23.2 Å². The minimum Gasteiger partial charge on any atom is -0.444 e. The van der Waals surface area contributed by atoms with E-state index < -0.39 is 11.7 Å². The van der Waals surface area contributed by atoms with Crippen molar-refractivity contribution in [2.45, 2.75) is 45.3 Å². The van der Waals surface area contributed by atoms with Crippen LogP contribution in [0.1, 0.15) is 45.3 Å². The van der Waals surface area contributed by atoms with Gasteiger partial charge in [0.15, 0.2) is 0 Å². The average Bonchev–Trinajstić information content (AvgIpc) is 2.48. The molecule has 1 unspecified atom stereocenters. The average molecular weight is 360 g/mol. The van der Waals surface area contributed by atoms with Crippen molar-refractivity contribution in [3.63, 3.8) is 0 Å². The summed E-state index contributed by atoms with van der Waals surface area (Å²) in [5, 5.41) is 11.4. The zero-order chi connectivity index (χ0) is 17.2. The molecule has 1 heterocycles. The van der Waals surface area contributed by atoms with E-state index in [9.17, 15) is 9.90 Å². The first-order chi connectivity index (χ1) is 10.7. The number of likely N-dealkylation sites (tertiary alicyclic amines) is 1. The van der Waals surface area contributed by atoms with E-state index in [2.05, 4.69) is 0 Å². The van der Waals surface area contributed by atoms with Crippen molar-refractivity contribution in [1.29, 1.82) is 0 Å². The highest BCUT2D eigenvalue weighted by Crippen LogP contribution is 2.33. The zero-order valence-electron chi connectivity index (χ0n) is 13.7. The van der Waals surface area contributed by atoms with Gasteiger partial charge in [-0.3, -0.25) is 0 Å². The highest BCUT2D eigenvalue weighted by atomic mass is 35.5. The highest BCUT2D eigenvalue weighted by Gasteiger charge is 2.30. The summed E-state index contributed by atoms with van der Waals surface area (Å²) < 4.78 is 5.38. The second-order valence-corrected chi connectivity index (χ2v) is 7.74. The second kappa shape index (κ2) is 7.29. The predicted molar refractivity (Wildman–Crippen MR) is 92.0 cm³/mol. The van der Waals surface area contributed by atoms with Gasteiger partial charge in [-0.2, -0.15) is 0 Å². The van der Waals surface area contributed by atoms with Crippen LogP contribution in [0.4, 0.5) is 4.79 Å². The summed E-state index contributed by atoms with van der Waals surface area (Å²) in [6.45, 7) is 6.72. The first-order valence-electron chi connectivity index (χ1n) is 7.78. The van der Waals surface area contributed by atoms with Crippen molar-refractivity contribution < 1.29 is 14.6 Å². The van der Waals surface area contributed by atoms with Gasteiger partial charge in [0, 0.05) is 13.1 Å². The first kappa shape index (κ1) is 18.4. The van der Waals surface area contributed by atoms with Crippen molar-refractivity contribution in [2.24, 2.45) is 5.92 Å². The summed E-state index contributed by atoms with van der Waals surface area (Å²) in [4.78, 5) is 13.7. The number of amides is 1. The molecule has 1 amide bonds. The number of nitrogens with zero attached hydrogens (tertiary/aromatic N) is 1. The number of hydrogen-bond donors (Lipinski definition) is 1. The molecule has 1 aromatic carbocycles. The number of benzene rings is 1. The van der Waals surface area contributed by atoms with Gasteiger partial charge in [0.1, 0.15) is 5.60 Å². The van der Waals surface area contributed by atoms with Crippen molar-refractivity contribution in [1.82, 2.24) is 4.90 Å². The van der Waals surface area contributed by atoms with Crippen LogP contribution < -0.4 is 0 Å². The van der Waals surface area contributed by atoms with Gasteiger partial charge in [-0.25, -0.2) is 4.79 Å². The van der Waals surface area contributed by atoms with Crippen LogP contribution in [-0.2, 0) is 4.74 Å². The molecule has 23 heavy (non-hydrogen) atoms. The van der Waals surface area contributed by atoms with Gasteiger partial charge in [0.05, 0.1) is 16.1 Å². The predicted octanol–water partition coefficient (Wildman–Crippen LogP) is 4.67. The minimum atomic E-state index is -0.606. The Morgan fingerprint density at radius 2 is 1.87 bits per heavy atom. The molecule has 0 radical (unpaired) electrons. The van der Waals surface area contributed by atoms with Crippen molar-refractivity contribution in [3.8, 4) is 0 Å². The Morgan fingerprint density at radius 1 is 1.26 bits per heavy atom. The topological polar surface area (TPSA) is 49.8 Å². The van der Waals surface area contributed by atoms with Gasteiger partial charge < -0.3 is 14.7 Å². The lowest BCUT2D eigenvalue weighted by Crippen LogP contribution is -2.42. The van der Waals surface area contributed by atoms with Gasteiger partial charge in [0.2, 0.25) is 0 Å². The van der Waals surface area contributed by atoms with E-state index in [1.54, 1.807) is 23.1 Å². The highest BCUT2D eigenvalue weighted by molar-refractivity contribution is 6.42. The second-order valence-electron chi connectivity index (χ2n) is 6.92. The Morgan fingerprint density at radius 3 is 2.39 bits per heavy atom. The maximum absolute atomic E-state index is 12.1. The zero-order valence-corrected chi connectivity index (χ0v) is 15.2. The molecular formula is C17H23Cl2NO3. The van der Waals surface area contributed by atoms with Gasteiger partial charge >= 0.3 is 6.09 Å². The lowest BCUT2D eigenvalue weighted by molar-refractivity contribution is 0.00767. The number of carbonyl (C=O) groups excluding carboxylic acids is 1. The Balaban J connectivity index is 1.93. The van der Waals surface area contributed by atoms with Crippen LogP contribution in [0.2, 0.25) is 10.0 Å². The van der Waals surface area contributed by atoms with Gasteiger partial charge in [-0.15, -0.1) is 0 Å². The van der Waals surface area contributed by atoms with Gasteiger partial charge in [-0.05, 0) is 57.2 Å². The van der Waals surface area contributed by atoms with Crippen LogP contribution in [0.5, 0.6) is 0 Å². The number of ether oxygens (including phenoxy) is 1. The third-order valence-corrected chi connectivity index (χ3v) is 4.66. The van der Waals surface area contributed by atoms with E-state index in [4.69, 9.17) is 27.9 Å². The fourth-order valence-corrected chi connectivity index (χ4v) is 3.00. The van der Waals surface area contributed by atoms with Crippen molar-refractivity contribution in [2.75, 3.05) is 13.1 Å². The number of aliphatic hydroxyl groups excluding tert-OH is 1. The standard InChI is InChI=1S/C17H23Cl2NO3/c1-17(2,3)23-16(22)20-8-6-11(7-9-20)15(21)12-4-5-13(18)14(19)10-12/h4-5,10-11,15,21H,6-9H2,1-3H3. The quantitative estimate of drug-likeness (QED) is 0.834. The number of rotatable bonds is 2. The Kier molecular flexibility index (Phi) is 5.82. The molecular weight excluding hydrogens is 337 g/mol. The monoisotopic (exact) mass is 359 g/mol. The van der Waals surface area contributed by atoms with Crippen LogP contribution in [0.15, 0.2) is 18.2 Å². The molecule has 1 saturated heterocycles. The molecule has 1 aliphatic rings. The van der Waals surface area contributed by atoms with E-state index in [1.807, 2.05) is 20.8 Å². The number of aliphatic hydroxyl groups is 1. The van der Waals surface area contributed by atoms with Crippen molar-refractivity contribution in [3.05, 3.63) is 33.8 Å². The maximum Gasteiger partial charge on any atom is 0.410 e. The van der Waals surface area contributed by atoms with Crippen LogP contribution in [0, 0.1) is 5.92 Å². The molecule has 1 aliphatic heterocycles. The number of piperidine rings is 1. The van der Waals surface area contributed by atoms with Crippen molar-refractivity contribution >= 4 is 29.3 Å². The molecule has 1 fully saturated rings. The Bertz CT molecular complexity index is 563. The lowest BCUT2D eigenvalue weighted by Gasteiger charge is -2.35. The molecule has 1 aromatic rings. The maximum atomic E-state index is 12.1. The molecule has 2 rings (SSSR count). The van der Waals surface area contributed by atoms with E-state index >= 15 is 0 Å². The molecule has 0 spiro atoms. The molecule has 6 heteroatoms.